The Balaban J connectivity index is 1.67. The fraction of sp³-hybridized carbons (Fsp3) is 0.519. The summed E-state index contributed by atoms with van der Waals surface area (Å²) in [6.45, 7) is 11.2. The number of carbonyl (C=O) groups excluding carboxylic acids is 1. The predicted molar refractivity (Wildman–Crippen MR) is 131 cm³/mol. The SMILES string of the molecule is CC(C)COc1ccc(CNC(=O)N(Cc2ccc(F)cc2)[C@H]2CCN(C)C(C)(C)C2)cc1. The quantitative estimate of drug-likeness (QED) is 0.576. The van der Waals surface area contributed by atoms with Gasteiger partial charge in [0.05, 0.1) is 6.61 Å². The molecular formula is C27H38FN3O2. The number of likely N-dealkylation sites (tertiary alicyclic amines) is 1. The summed E-state index contributed by atoms with van der Waals surface area (Å²) >= 11 is 0. The summed E-state index contributed by atoms with van der Waals surface area (Å²) in [5.74, 6) is 1.04. The molecule has 33 heavy (non-hydrogen) atoms. The number of halogens is 1. The van der Waals surface area contributed by atoms with Crippen molar-refractivity contribution in [1.29, 1.82) is 0 Å². The van der Waals surface area contributed by atoms with E-state index >= 15 is 0 Å². The molecule has 2 amide bonds. The van der Waals surface area contributed by atoms with Crippen molar-refractivity contribution in [2.75, 3.05) is 20.2 Å². The van der Waals surface area contributed by atoms with E-state index < -0.39 is 0 Å². The van der Waals surface area contributed by atoms with Crippen LogP contribution in [0.25, 0.3) is 0 Å². The van der Waals surface area contributed by atoms with Gasteiger partial charge in [-0.3, -0.25) is 0 Å². The minimum Gasteiger partial charge on any atom is -0.493 e. The van der Waals surface area contributed by atoms with Gasteiger partial charge in [-0.1, -0.05) is 38.1 Å². The van der Waals surface area contributed by atoms with Crippen LogP contribution < -0.4 is 10.1 Å². The second-order valence-electron chi connectivity index (χ2n) is 10.1. The molecule has 0 aliphatic carbocycles. The van der Waals surface area contributed by atoms with Crippen LogP contribution in [-0.2, 0) is 13.1 Å². The van der Waals surface area contributed by atoms with Crippen LogP contribution in [0.2, 0.25) is 0 Å². The van der Waals surface area contributed by atoms with Crippen LogP contribution in [0, 0.1) is 11.7 Å². The first-order valence-electron chi connectivity index (χ1n) is 11.9. The second kappa shape index (κ2) is 11.0. The third-order valence-electron chi connectivity index (χ3n) is 6.48. The summed E-state index contributed by atoms with van der Waals surface area (Å²) in [5.41, 5.74) is 1.96. The van der Waals surface area contributed by atoms with Crippen molar-refractivity contribution in [2.24, 2.45) is 5.92 Å². The summed E-state index contributed by atoms with van der Waals surface area (Å²) in [6.07, 6.45) is 1.80. The van der Waals surface area contributed by atoms with Crippen molar-refractivity contribution in [3.8, 4) is 5.75 Å². The van der Waals surface area contributed by atoms with E-state index in [4.69, 9.17) is 4.74 Å². The summed E-state index contributed by atoms with van der Waals surface area (Å²) < 4.78 is 19.1. The highest BCUT2D eigenvalue weighted by Gasteiger charge is 2.36. The minimum atomic E-state index is -0.268. The van der Waals surface area contributed by atoms with Crippen LogP contribution in [0.5, 0.6) is 5.75 Å². The fourth-order valence-corrected chi connectivity index (χ4v) is 4.14. The van der Waals surface area contributed by atoms with Crippen LogP contribution in [0.15, 0.2) is 48.5 Å². The first-order chi connectivity index (χ1) is 15.6. The molecule has 1 aliphatic rings. The van der Waals surface area contributed by atoms with Gasteiger partial charge in [0, 0.05) is 31.2 Å². The Kier molecular flexibility index (Phi) is 8.35. The molecular weight excluding hydrogens is 417 g/mol. The number of rotatable bonds is 8. The van der Waals surface area contributed by atoms with Gasteiger partial charge in [0.15, 0.2) is 0 Å². The summed E-state index contributed by atoms with van der Waals surface area (Å²) in [7, 11) is 2.13. The molecule has 1 aliphatic heterocycles. The number of piperidine rings is 1. The number of ether oxygens (including phenoxy) is 1. The number of benzene rings is 2. The zero-order chi connectivity index (χ0) is 24.0. The maximum absolute atomic E-state index is 13.4. The number of hydrogen-bond donors (Lipinski definition) is 1. The Hall–Kier alpha value is -2.60. The smallest absolute Gasteiger partial charge is 0.318 e. The lowest BCUT2D eigenvalue weighted by molar-refractivity contribution is 0.0458. The molecule has 1 N–H and O–H groups in total. The molecule has 1 atom stereocenters. The van der Waals surface area contributed by atoms with Gasteiger partial charge in [-0.2, -0.15) is 0 Å². The molecule has 0 radical (unpaired) electrons. The van der Waals surface area contributed by atoms with Crippen molar-refractivity contribution in [1.82, 2.24) is 15.1 Å². The van der Waals surface area contributed by atoms with E-state index in [2.05, 4.69) is 45.0 Å². The van der Waals surface area contributed by atoms with Crippen LogP contribution in [0.4, 0.5) is 9.18 Å². The molecule has 6 heteroatoms. The number of hydrogen-bond acceptors (Lipinski definition) is 3. The van der Waals surface area contributed by atoms with Crippen molar-refractivity contribution >= 4 is 6.03 Å². The molecule has 0 aromatic heterocycles. The van der Waals surface area contributed by atoms with Crippen molar-refractivity contribution < 1.29 is 13.9 Å². The lowest BCUT2D eigenvalue weighted by Gasteiger charge is -2.47. The largest absolute Gasteiger partial charge is 0.493 e. The molecule has 180 valence electrons. The van der Waals surface area contributed by atoms with Gasteiger partial charge in [-0.05, 0) is 75.0 Å². The molecule has 2 aromatic carbocycles. The van der Waals surface area contributed by atoms with E-state index in [0.717, 1.165) is 36.3 Å². The molecule has 0 spiro atoms. The van der Waals surface area contributed by atoms with E-state index in [9.17, 15) is 9.18 Å². The highest BCUT2D eigenvalue weighted by atomic mass is 19.1. The molecule has 1 heterocycles. The lowest BCUT2D eigenvalue weighted by atomic mass is 9.86. The average molecular weight is 456 g/mol. The standard InChI is InChI=1S/C27H38FN3O2/c1-20(2)19-33-25-12-8-21(9-13-25)17-29-26(32)31(18-22-6-10-23(28)11-7-22)24-14-15-30(5)27(3,4)16-24/h6-13,20,24H,14-19H2,1-5H3,(H,29,32)/t24-/m0/s1. The first kappa shape index (κ1) is 25.0. The van der Waals surface area contributed by atoms with Crippen molar-refractivity contribution in [3.63, 3.8) is 0 Å². The highest BCUT2D eigenvalue weighted by Crippen LogP contribution is 2.30. The molecule has 0 saturated carbocycles. The average Bonchev–Trinajstić information content (AvgIpc) is 2.78. The van der Waals surface area contributed by atoms with Gasteiger partial charge in [-0.15, -0.1) is 0 Å². The number of carbonyl (C=O) groups is 1. The van der Waals surface area contributed by atoms with E-state index in [-0.39, 0.29) is 23.4 Å². The van der Waals surface area contributed by atoms with E-state index in [1.807, 2.05) is 29.2 Å². The topological polar surface area (TPSA) is 44.8 Å². The van der Waals surface area contributed by atoms with Gasteiger partial charge in [0.2, 0.25) is 0 Å². The summed E-state index contributed by atoms with van der Waals surface area (Å²) in [4.78, 5) is 17.6. The van der Waals surface area contributed by atoms with Gasteiger partial charge >= 0.3 is 6.03 Å². The molecule has 3 rings (SSSR count). The number of urea groups is 1. The van der Waals surface area contributed by atoms with E-state index in [1.165, 1.54) is 12.1 Å². The Bertz CT molecular complexity index is 897. The van der Waals surface area contributed by atoms with E-state index in [1.54, 1.807) is 12.1 Å². The van der Waals surface area contributed by atoms with Gasteiger partial charge in [0.1, 0.15) is 11.6 Å². The van der Waals surface area contributed by atoms with E-state index in [0.29, 0.717) is 25.6 Å². The van der Waals surface area contributed by atoms with Crippen LogP contribution >= 0.6 is 0 Å². The molecule has 0 bridgehead atoms. The van der Waals surface area contributed by atoms with Crippen LogP contribution in [0.1, 0.15) is 51.7 Å². The van der Waals surface area contributed by atoms with Crippen LogP contribution in [-0.4, -0.2) is 47.6 Å². The fourth-order valence-electron chi connectivity index (χ4n) is 4.14. The Morgan fingerprint density at radius 1 is 1.15 bits per heavy atom. The minimum absolute atomic E-state index is 0.00998. The Labute approximate surface area is 197 Å². The molecule has 1 fully saturated rings. The summed E-state index contributed by atoms with van der Waals surface area (Å²) in [5, 5.41) is 3.09. The third-order valence-corrected chi connectivity index (χ3v) is 6.48. The molecule has 5 nitrogen and oxygen atoms in total. The number of nitrogens with zero attached hydrogens (tertiary/aromatic N) is 2. The lowest BCUT2D eigenvalue weighted by Crippen LogP contribution is -2.56. The third kappa shape index (κ3) is 7.19. The normalized spacial score (nSPS) is 18.2. The molecule has 2 aromatic rings. The van der Waals surface area contributed by atoms with Crippen molar-refractivity contribution in [2.45, 2.75) is 65.2 Å². The summed E-state index contributed by atoms with van der Waals surface area (Å²) in [6, 6.07) is 14.3. The maximum atomic E-state index is 13.4. The molecule has 0 unspecified atom stereocenters. The second-order valence-corrected chi connectivity index (χ2v) is 10.1. The highest BCUT2D eigenvalue weighted by molar-refractivity contribution is 5.74. The maximum Gasteiger partial charge on any atom is 0.318 e. The van der Waals surface area contributed by atoms with Crippen LogP contribution in [0.3, 0.4) is 0 Å². The van der Waals surface area contributed by atoms with Gasteiger partial charge < -0.3 is 19.9 Å². The Morgan fingerprint density at radius 3 is 2.39 bits per heavy atom. The van der Waals surface area contributed by atoms with Crippen molar-refractivity contribution in [3.05, 3.63) is 65.5 Å². The van der Waals surface area contributed by atoms with Gasteiger partial charge in [-0.25, -0.2) is 9.18 Å². The first-order valence-corrected chi connectivity index (χ1v) is 11.9. The zero-order valence-corrected chi connectivity index (χ0v) is 20.6. The Morgan fingerprint density at radius 2 is 1.79 bits per heavy atom. The number of nitrogens with one attached hydrogen (secondary N) is 1. The monoisotopic (exact) mass is 455 g/mol. The predicted octanol–water partition coefficient (Wildman–Crippen LogP) is 5.45. The zero-order valence-electron chi connectivity index (χ0n) is 20.6. The molecule has 1 saturated heterocycles. The number of amides is 2. The van der Waals surface area contributed by atoms with Gasteiger partial charge in [0.25, 0.3) is 0 Å².